The van der Waals surface area contributed by atoms with Gasteiger partial charge >= 0.3 is 0 Å². The molecule has 0 heterocycles. The molecule has 0 aromatic rings. The number of carbonyl (C=O) groups is 1. The lowest BCUT2D eigenvalue weighted by Gasteiger charge is -2.10. The molecule has 0 saturated carbocycles. The summed E-state index contributed by atoms with van der Waals surface area (Å²) in [7, 11) is 0. The Kier molecular flexibility index (Phi) is 7.63. The van der Waals surface area contributed by atoms with Crippen molar-refractivity contribution in [3.63, 3.8) is 0 Å². The topological polar surface area (TPSA) is 75.3 Å². The predicted octanol–water partition coefficient (Wildman–Crippen LogP) is 0.00250. The summed E-state index contributed by atoms with van der Waals surface area (Å²) in [6.45, 7) is 2.89. The van der Waals surface area contributed by atoms with Crippen molar-refractivity contribution >= 4 is 5.91 Å². The second-order valence-corrected chi connectivity index (χ2v) is 3.14. The summed E-state index contributed by atoms with van der Waals surface area (Å²) in [5.41, 5.74) is 5.25. The third-order valence-corrected chi connectivity index (χ3v) is 1.76. The fourth-order valence-corrected chi connectivity index (χ4v) is 1.02. The van der Waals surface area contributed by atoms with Gasteiger partial charge in [0.1, 0.15) is 0 Å². The van der Waals surface area contributed by atoms with E-state index >= 15 is 0 Å². The molecule has 4 nitrogen and oxygen atoms in total. The number of carbonyl (C=O) groups excluding carboxylic acids is 1. The molecule has 4 heteroatoms. The van der Waals surface area contributed by atoms with E-state index < -0.39 is 6.10 Å². The molecule has 0 aliphatic carbocycles. The van der Waals surface area contributed by atoms with Crippen molar-refractivity contribution < 1.29 is 9.90 Å². The zero-order chi connectivity index (χ0) is 10.1. The maximum Gasteiger partial charge on any atom is 0.220 e. The van der Waals surface area contributed by atoms with E-state index in [4.69, 9.17) is 5.73 Å². The molecule has 0 saturated heterocycles. The van der Waals surface area contributed by atoms with Crippen molar-refractivity contribution in [1.29, 1.82) is 0 Å². The van der Waals surface area contributed by atoms with Crippen LogP contribution < -0.4 is 11.1 Å². The Bertz CT molecular complexity index is 140. The van der Waals surface area contributed by atoms with Crippen molar-refractivity contribution in [2.45, 2.75) is 38.7 Å². The van der Waals surface area contributed by atoms with Crippen molar-refractivity contribution in [2.24, 2.45) is 5.73 Å². The smallest absolute Gasteiger partial charge is 0.220 e. The Morgan fingerprint density at radius 1 is 1.62 bits per heavy atom. The van der Waals surface area contributed by atoms with E-state index in [9.17, 15) is 9.90 Å². The molecule has 0 aromatic heterocycles. The first-order chi connectivity index (χ1) is 6.20. The van der Waals surface area contributed by atoms with E-state index in [-0.39, 0.29) is 5.91 Å². The summed E-state index contributed by atoms with van der Waals surface area (Å²) in [5.74, 6) is -0.0272. The highest BCUT2D eigenvalue weighted by Crippen LogP contribution is 1.94. The van der Waals surface area contributed by atoms with Crippen LogP contribution >= 0.6 is 0 Å². The van der Waals surface area contributed by atoms with Crippen molar-refractivity contribution in [2.75, 3.05) is 13.1 Å². The van der Waals surface area contributed by atoms with E-state index in [1.807, 2.05) is 6.92 Å². The summed E-state index contributed by atoms with van der Waals surface area (Å²) < 4.78 is 0. The van der Waals surface area contributed by atoms with Gasteiger partial charge in [0, 0.05) is 13.0 Å². The molecule has 0 aliphatic heterocycles. The van der Waals surface area contributed by atoms with Gasteiger partial charge in [-0.1, -0.05) is 13.3 Å². The molecule has 1 atom stereocenters. The highest BCUT2D eigenvalue weighted by molar-refractivity contribution is 5.75. The largest absolute Gasteiger partial charge is 0.391 e. The lowest BCUT2D eigenvalue weighted by atomic mass is 10.2. The van der Waals surface area contributed by atoms with Crippen LogP contribution in [0.2, 0.25) is 0 Å². The predicted molar refractivity (Wildman–Crippen MR) is 52.2 cm³/mol. The van der Waals surface area contributed by atoms with Gasteiger partial charge in [0.05, 0.1) is 6.10 Å². The van der Waals surface area contributed by atoms with E-state index in [1.165, 1.54) is 0 Å². The van der Waals surface area contributed by atoms with E-state index in [0.29, 0.717) is 25.9 Å². The number of amides is 1. The highest BCUT2D eigenvalue weighted by atomic mass is 16.3. The van der Waals surface area contributed by atoms with Crippen LogP contribution in [-0.2, 0) is 4.79 Å². The van der Waals surface area contributed by atoms with Crippen LogP contribution in [0.25, 0.3) is 0 Å². The summed E-state index contributed by atoms with van der Waals surface area (Å²) in [6.07, 6.45) is 2.41. The second-order valence-electron chi connectivity index (χ2n) is 3.14. The van der Waals surface area contributed by atoms with Gasteiger partial charge < -0.3 is 16.2 Å². The number of nitrogens with two attached hydrogens (primary N) is 1. The standard InChI is InChI=1S/C9H20N2O2/c1-2-4-8(12)7-11-9(13)5-3-6-10/h8,12H,2-7,10H2,1H3,(H,11,13). The number of rotatable bonds is 7. The molecular weight excluding hydrogens is 168 g/mol. The molecule has 0 aromatic carbocycles. The number of aliphatic hydroxyl groups excluding tert-OH is 1. The Morgan fingerprint density at radius 2 is 2.31 bits per heavy atom. The average molecular weight is 188 g/mol. The van der Waals surface area contributed by atoms with Crippen LogP contribution in [0.1, 0.15) is 32.6 Å². The molecule has 0 radical (unpaired) electrons. The summed E-state index contributed by atoms with van der Waals surface area (Å²) >= 11 is 0. The fraction of sp³-hybridized carbons (Fsp3) is 0.889. The van der Waals surface area contributed by atoms with E-state index in [1.54, 1.807) is 0 Å². The van der Waals surface area contributed by atoms with Gasteiger partial charge in [-0.15, -0.1) is 0 Å². The fourth-order valence-electron chi connectivity index (χ4n) is 1.02. The van der Waals surface area contributed by atoms with E-state index in [2.05, 4.69) is 5.32 Å². The van der Waals surface area contributed by atoms with Crippen molar-refractivity contribution in [1.82, 2.24) is 5.32 Å². The van der Waals surface area contributed by atoms with Crippen molar-refractivity contribution in [3.05, 3.63) is 0 Å². The Morgan fingerprint density at radius 3 is 2.85 bits per heavy atom. The monoisotopic (exact) mass is 188 g/mol. The first-order valence-corrected chi connectivity index (χ1v) is 4.85. The van der Waals surface area contributed by atoms with Gasteiger partial charge in [-0.3, -0.25) is 4.79 Å². The van der Waals surface area contributed by atoms with Crippen LogP contribution in [-0.4, -0.2) is 30.2 Å². The molecule has 78 valence electrons. The van der Waals surface area contributed by atoms with Gasteiger partial charge in [-0.2, -0.15) is 0 Å². The Labute approximate surface area is 79.5 Å². The quantitative estimate of drug-likeness (QED) is 0.526. The molecule has 0 rings (SSSR count). The van der Waals surface area contributed by atoms with Gasteiger partial charge in [0.2, 0.25) is 5.91 Å². The molecule has 0 bridgehead atoms. The zero-order valence-corrected chi connectivity index (χ0v) is 8.25. The zero-order valence-electron chi connectivity index (χ0n) is 8.25. The molecule has 0 spiro atoms. The molecule has 4 N–H and O–H groups in total. The Balaban J connectivity index is 3.34. The van der Waals surface area contributed by atoms with Gasteiger partial charge in [-0.05, 0) is 19.4 Å². The van der Waals surface area contributed by atoms with Crippen LogP contribution in [0.4, 0.5) is 0 Å². The van der Waals surface area contributed by atoms with Gasteiger partial charge in [0.15, 0.2) is 0 Å². The maximum atomic E-state index is 11.0. The minimum Gasteiger partial charge on any atom is -0.391 e. The van der Waals surface area contributed by atoms with Gasteiger partial charge in [0.25, 0.3) is 0 Å². The molecule has 1 unspecified atom stereocenters. The lowest BCUT2D eigenvalue weighted by molar-refractivity contribution is -0.121. The summed E-state index contributed by atoms with van der Waals surface area (Å²) in [5, 5.41) is 11.9. The van der Waals surface area contributed by atoms with Crippen LogP contribution in [0.3, 0.4) is 0 Å². The minimum atomic E-state index is -0.410. The number of hydrogen-bond donors (Lipinski definition) is 3. The molecule has 1 amide bonds. The SMILES string of the molecule is CCCC(O)CNC(=O)CCCN. The first-order valence-electron chi connectivity index (χ1n) is 4.85. The van der Waals surface area contributed by atoms with Crippen molar-refractivity contribution in [3.8, 4) is 0 Å². The third kappa shape index (κ3) is 7.74. The van der Waals surface area contributed by atoms with Crippen LogP contribution in [0.15, 0.2) is 0 Å². The Hall–Kier alpha value is -0.610. The second kappa shape index (κ2) is 8.01. The molecular formula is C9H20N2O2. The highest BCUT2D eigenvalue weighted by Gasteiger charge is 2.04. The van der Waals surface area contributed by atoms with E-state index in [0.717, 1.165) is 12.8 Å². The van der Waals surface area contributed by atoms with Gasteiger partial charge in [-0.25, -0.2) is 0 Å². The number of nitrogens with one attached hydrogen (secondary N) is 1. The normalized spacial score (nSPS) is 12.5. The van der Waals surface area contributed by atoms with Crippen LogP contribution in [0.5, 0.6) is 0 Å². The summed E-state index contributed by atoms with van der Waals surface area (Å²) in [6, 6.07) is 0. The average Bonchev–Trinajstić information content (AvgIpc) is 2.12. The maximum absolute atomic E-state index is 11.0. The summed E-state index contributed by atoms with van der Waals surface area (Å²) in [4.78, 5) is 11.0. The number of hydrogen-bond acceptors (Lipinski definition) is 3. The minimum absolute atomic E-state index is 0.0272. The number of aliphatic hydroxyl groups is 1. The molecule has 0 fully saturated rings. The first kappa shape index (κ1) is 12.4. The molecule has 13 heavy (non-hydrogen) atoms. The lowest BCUT2D eigenvalue weighted by Crippen LogP contribution is -2.32. The molecule has 0 aliphatic rings. The third-order valence-electron chi connectivity index (χ3n) is 1.76. The van der Waals surface area contributed by atoms with Crippen LogP contribution in [0, 0.1) is 0 Å².